The topological polar surface area (TPSA) is 80.1 Å². The number of carbonyl (C=O) groups is 1. The van der Waals surface area contributed by atoms with Crippen molar-refractivity contribution < 1.29 is 9.53 Å². The Hall–Kier alpha value is -1.85. The highest BCUT2D eigenvalue weighted by atomic mass is 16.5. The second-order valence-electron chi connectivity index (χ2n) is 5.85. The number of benzene rings is 1. The van der Waals surface area contributed by atoms with E-state index in [1.807, 2.05) is 44.3 Å². The summed E-state index contributed by atoms with van der Waals surface area (Å²) in [5.74, 6) is -0.162. The van der Waals surface area contributed by atoms with Crippen molar-refractivity contribution in [2.24, 2.45) is 5.73 Å². The van der Waals surface area contributed by atoms with E-state index in [0.717, 1.165) is 16.5 Å². The molecule has 1 heterocycles. The van der Waals surface area contributed by atoms with Gasteiger partial charge in [0, 0.05) is 30.8 Å². The first kappa shape index (κ1) is 15.5. The predicted molar refractivity (Wildman–Crippen MR) is 84.1 cm³/mol. The van der Waals surface area contributed by atoms with Gasteiger partial charge in [-0.25, -0.2) is 0 Å². The summed E-state index contributed by atoms with van der Waals surface area (Å²) in [6.45, 7) is 4.26. The second kappa shape index (κ2) is 6.28. The Kier molecular flexibility index (Phi) is 4.65. The minimum absolute atomic E-state index is 0.162. The largest absolute Gasteiger partial charge is 0.377 e. The third kappa shape index (κ3) is 3.83. The van der Waals surface area contributed by atoms with Gasteiger partial charge in [0.15, 0.2) is 0 Å². The van der Waals surface area contributed by atoms with Crippen molar-refractivity contribution in [1.29, 1.82) is 0 Å². The first-order valence-electron chi connectivity index (χ1n) is 7.06. The van der Waals surface area contributed by atoms with E-state index in [9.17, 15) is 4.79 Å². The number of fused-ring (bicyclic) bond motifs is 1. The van der Waals surface area contributed by atoms with Gasteiger partial charge in [-0.15, -0.1) is 0 Å². The Labute approximate surface area is 124 Å². The number of ether oxygens (including phenoxy) is 1. The maximum Gasteiger partial charge on any atom is 0.237 e. The summed E-state index contributed by atoms with van der Waals surface area (Å²) in [5.41, 5.74) is 7.72. The molecule has 5 heteroatoms. The Balaban J connectivity index is 1.98. The monoisotopic (exact) mass is 289 g/mol. The van der Waals surface area contributed by atoms with E-state index in [-0.39, 0.29) is 5.91 Å². The van der Waals surface area contributed by atoms with Crippen LogP contribution in [0.1, 0.15) is 19.4 Å². The maximum atomic E-state index is 12.1. The van der Waals surface area contributed by atoms with Crippen LogP contribution in [-0.2, 0) is 16.0 Å². The number of methoxy groups -OCH3 is 1. The molecule has 21 heavy (non-hydrogen) atoms. The fourth-order valence-corrected chi connectivity index (χ4v) is 2.13. The van der Waals surface area contributed by atoms with Crippen LogP contribution in [0.25, 0.3) is 10.9 Å². The van der Waals surface area contributed by atoms with Gasteiger partial charge in [0.25, 0.3) is 0 Å². The average molecular weight is 289 g/mol. The van der Waals surface area contributed by atoms with Crippen molar-refractivity contribution >= 4 is 16.8 Å². The SMILES string of the molecule is COC(C)(C)CNC(=O)[C@@H](N)Cc1c[nH]c2ccccc12. The molecule has 0 spiro atoms. The normalized spacial score (nSPS) is 13.3. The molecule has 1 atom stereocenters. The van der Waals surface area contributed by atoms with Crippen molar-refractivity contribution in [3.63, 3.8) is 0 Å². The number of rotatable bonds is 6. The highest BCUT2D eigenvalue weighted by molar-refractivity contribution is 5.86. The molecule has 5 nitrogen and oxygen atoms in total. The molecule has 4 N–H and O–H groups in total. The average Bonchev–Trinajstić information content (AvgIpc) is 2.88. The Morgan fingerprint density at radius 1 is 1.43 bits per heavy atom. The highest BCUT2D eigenvalue weighted by Gasteiger charge is 2.21. The molecule has 0 saturated heterocycles. The van der Waals surface area contributed by atoms with Crippen LogP contribution in [0.4, 0.5) is 0 Å². The lowest BCUT2D eigenvalue weighted by atomic mass is 10.0. The van der Waals surface area contributed by atoms with Crippen LogP contribution in [0.2, 0.25) is 0 Å². The van der Waals surface area contributed by atoms with Crippen LogP contribution < -0.4 is 11.1 Å². The number of carbonyl (C=O) groups excluding carboxylic acids is 1. The molecule has 0 unspecified atom stereocenters. The molecule has 114 valence electrons. The number of nitrogens with one attached hydrogen (secondary N) is 2. The number of H-pyrrole nitrogens is 1. The quantitative estimate of drug-likeness (QED) is 0.755. The lowest BCUT2D eigenvalue weighted by Crippen LogP contribution is -2.47. The van der Waals surface area contributed by atoms with E-state index >= 15 is 0 Å². The summed E-state index contributed by atoms with van der Waals surface area (Å²) in [4.78, 5) is 15.3. The summed E-state index contributed by atoms with van der Waals surface area (Å²) < 4.78 is 5.27. The zero-order chi connectivity index (χ0) is 15.5. The molecule has 1 aromatic heterocycles. The molecular weight excluding hydrogens is 266 g/mol. The smallest absolute Gasteiger partial charge is 0.237 e. The lowest BCUT2D eigenvalue weighted by molar-refractivity contribution is -0.123. The van der Waals surface area contributed by atoms with E-state index in [1.54, 1.807) is 7.11 Å². The van der Waals surface area contributed by atoms with Crippen molar-refractivity contribution in [3.05, 3.63) is 36.0 Å². The fraction of sp³-hybridized carbons (Fsp3) is 0.438. The number of amides is 1. The molecule has 0 radical (unpaired) electrons. The molecule has 0 saturated carbocycles. The van der Waals surface area contributed by atoms with Gasteiger partial charge in [0.05, 0.1) is 11.6 Å². The summed E-state index contributed by atoms with van der Waals surface area (Å²) in [7, 11) is 1.62. The Bertz CT molecular complexity index is 619. The molecule has 0 aliphatic carbocycles. The molecule has 2 rings (SSSR count). The van der Waals surface area contributed by atoms with E-state index in [0.29, 0.717) is 13.0 Å². The van der Waals surface area contributed by atoms with Crippen LogP contribution in [0.3, 0.4) is 0 Å². The maximum absolute atomic E-state index is 12.1. The number of aromatic amines is 1. The first-order chi connectivity index (χ1) is 9.93. The van der Waals surface area contributed by atoms with Crippen LogP contribution in [0, 0.1) is 0 Å². The Morgan fingerprint density at radius 2 is 2.14 bits per heavy atom. The molecule has 1 amide bonds. The van der Waals surface area contributed by atoms with E-state index in [1.165, 1.54) is 0 Å². The van der Waals surface area contributed by atoms with Crippen molar-refractivity contribution in [3.8, 4) is 0 Å². The first-order valence-corrected chi connectivity index (χ1v) is 7.06. The van der Waals surface area contributed by atoms with Crippen molar-refractivity contribution in [2.75, 3.05) is 13.7 Å². The fourth-order valence-electron chi connectivity index (χ4n) is 2.13. The minimum atomic E-state index is -0.572. The predicted octanol–water partition coefficient (Wildman–Crippen LogP) is 1.58. The molecule has 0 aliphatic rings. The van der Waals surface area contributed by atoms with Gasteiger partial charge in [0.1, 0.15) is 0 Å². The van der Waals surface area contributed by atoms with Gasteiger partial charge < -0.3 is 20.8 Å². The summed E-state index contributed by atoms with van der Waals surface area (Å²) in [6.07, 6.45) is 2.42. The van der Waals surface area contributed by atoms with Gasteiger partial charge in [-0.2, -0.15) is 0 Å². The molecule has 1 aromatic carbocycles. The van der Waals surface area contributed by atoms with Crippen molar-refractivity contribution in [1.82, 2.24) is 10.3 Å². The number of nitrogens with two attached hydrogens (primary N) is 1. The third-order valence-electron chi connectivity index (χ3n) is 3.69. The molecule has 0 aliphatic heterocycles. The van der Waals surface area contributed by atoms with Gasteiger partial charge in [-0.3, -0.25) is 4.79 Å². The van der Waals surface area contributed by atoms with Crippen LogP contribution in [-0.4, -0.2) is 36.2 Å². The minimum Gasteiger partial charge on any atom is -0.377 e. The van der Waals surface area contributed by atoms with Crippen LogP contribution >= 0.6 is 0 Å². The van der Waals surface area contributed by atoms with E-state index in [2.05, 4.69) is 10.3 Å². The molecule has 0 bridgehead atoms. The van der Waals surface area contributed by atoms with Crippen LogP contribution in [0.5, 0.6) is 0 Å². The van der Waals surface area contributed by atoms with Crippen LogP contribution in [0.15, 0.2) is 30.5 Å². The summed E-state index contributed by atoms with van der Waals surface area (Å²) in [5, 5.41) is 3.94. The van der Waals surface area contributed by atoms with E-state index < -0.39 is 11.6 Å². The van der Waals surface area contributed by atoms with Gasteiger partial charge in [-0.1, -0.05) is 18.2 Å². The number of para-hydroxylation sites is 1. The van der Waals surface area contributed by atoms with Gasteiger partial charge >= 0.3 is 0 Å². The summed E-state index contributed by atoms with van der Waals surface area (Å²) >= 11 is 0. The Morgan fingerprint density at radius 3 is 2.86 bits per heavy atom. The highest BCUT2D eigenvalue weighted by Crippen LogP contribution is 2.18. The number of aromatic nitrogens is 1. The standard InChI is InChI=1S/C16H23N3O2/c1-16(2,21-3)10-19-15(20)13(17)8-11-9-18-14-7-5-4-6-12(11)14/h4-7,9,13,18H,8,10,17H2,1-3H3,(H,19,20)/t13-/m0/s1. The lowest BCUT2D eigenvalue weighted by Gasteiger charge is -2.24. The third-order valence-corrected chi connectivity index (χ3v) is 3.69. The zero-order valence-corrected chi connectivity index (χ0v) is 12.8. The molecular formula is C16H23N3O2. The molecule has 2 aromatic rings. The molecule has 0 fully saturated rings. The second-order valence-corrected chi connectivity index (χ2v) is 5.85. The summed E-state index contributed by atoms with van der Waals surface area (Å²) in [6, 6.07) is 7.41. The number of hydrogen-bond donors (Lipinski definition) is 3. The van der Waals surface area contributed by atoms with Gasteiger partial charge in [0.2, 0.25) is 5.91 Å². The van der Waals surface area contributed by atoms with Gasteiger partial charge in [-0.05, 0) is 31.9 Å². The zero-order valence-electron chi connectivity index (χ0n) is 12.8. The van der Waals surface area contributed by atoms with E-state index in [4.69, 9.17) is 10.5 Å². The number of hydrogen-bond acceptors (Lipinski definition) is 3. The van der Waals surface area contributed by atoms with Crippen molar-refractivity contribution in [2.45, 2.75) is 31.9 Å².